The number of sulfone groups is 1. The predicted molar refractivity (Wildman–Crippen MR) is 79.6 cm³/mol. The number of halogens is 1. The smallest absolute Gasteiger partial charge is 0.400 e. The molecule has 1 rings (SSSR count). The van der Waals surface area contributed by atoms with Gasteiger partial charge in [-0.1, -0.05) is 3.89 Å². The lowest BCUT2D eigenvalue weighted by molar-refractivity contribution is -0.145. The summed E-state index contributed by atoms with van der Waals surface area (Å²) < 4.78 is 63.7. The van der Waals surface area contributed by atoms with Crippen LogP contribution in [-0.4, -0.2) is 53.4 Å². The number of aliphatic hydroxyl groups excluding tert-OH is 1. The molecule has 0 unspecified atom stereocenters. The van der Waals surface area contributed by atoms with Gasteiger partial charge in [0.05, 0.1) is 23.8 Å². The number of rotatable bonds is 7. The van der Waals surface area contributed by atoms with Crippen LogP contribution in [0.5, 0.6) is 0 Å². The van der Waals surface area contributed by atoms with E-state index in [9.17, 15) is 30.6 Å². The molecule has 0 saturated carbocycles. The predicted octanol–water partition coefficient (Wildman–Crippen LogP) is 0.0348. The van der Waals surface area contributed by atoms with Crippen LogP contribution < -0.4 is 4.31 Å². The largest absolute Gasteiger partial charge is 0.464 e. The van der Waals surface area contributed by atoms with Crippen LogP contribution in [0.4, 0.5) is 9.57 Å². The van der Waals surface area contributed by atoms with Gasteiger partial charge in [0.1, 0.15) is 0 Å². The lowest BCUT2D eigenvalue weighted by Crippen LogP contribution is -2.47. The minimum Gasteiger partial charge on any atom is -0.464 e. The summed E-state index contributed by atoms with van der Waals surface area (Å²) in [6, 6.07) is 2.31. The molecule has 0 bridgehead atoms. The lowest BCUT2D eigenvalue weighted by Gasteiger charge is -2.26. The second-order valence-corrected chi connectivity index (χ2v) is 7.69. The first-order valence-electron chi connectivity index (χ1n) is 6.34. The number of anilines is 1. The maximum absolute atomic E-state index is 13.6. The molecule has 23 heavy (non-hydrogen) atoms. The zero-order valence-corrected chi connectivity index (χ0v) is 14.0. The molecule has 130 valence electrons. The normalized spacial score (nSPS) is 13.4. The van der Waals surface area contributed by atoms with Gasteiger partial charge in [0, 0.05) is 6.26 Å². The number of hydrogen-bond acceptors (Lipinski definition) is 7. The van der Waals surface area contributed by atoms with E-state index < -0.39 is 38.9 Å². The molecule has 11 heteroatoms. The third-order valence-corrected chi connectivity index (χ3v) is 4.83. The second-order valence-electron chi connectivity index (χ2n) is 4.45. The van der Waals surface area contributed by atoms with Gasteiger partial charge >= 0.3 is 16.4 Å². The van der Waals surface area contributed by atoms with Crippen molar-refractivity contribution < 1.29 is 35.4 Å². The van der Waals surface area contributed by atoms with Crippen LogP contribution in [0, 0.1) is 0 Å². The lowest BCUT2D eigenvalue weighted by atomic mass is 10.2. The molecular formula is C12H16FNO7S2. The Morgan fingerprint density at radius 2 is 1.78 bits per heavy atom. The molecule has 0 aliphatic rings. The number of ether oxygens (including phenoxy) is 1. The van der Waals surface area contributed by atoms with Gasteiger partial charge in [-0.15, -0.1) is 0 Å². The Kier molecular flexibility index (Phi) is 6.08. The number of carbonyl (C=O) groups excluding carboxylic acids is 1. The monoisotopic (exact) mass is 369 g/mol. The molecule has 8 nitrogen and oxygen atoms in total. The highest BCUT2D eigenvalue weighted by Crippen LogP contribution is 2.24. The fourth-order valence-electron chi connectivity index (χ4n) is 1.78. The maximum atomic E-state index is 13.6. The van der Waals surface area contributed by atoms with E-state index in [4.69, 9.17) is 0 Å². The Morgan fingerprint density at radius 1 is 1.26 bits per heavy atom. The molecule has 0 saturated heterocycles. The third kappa shape index (κ3) is 4.88. The van der Waals surface area contributed by atoms with Crippen molar-refractivity contribution in [3.05, 3.63) is 24.3 Å². The molecule has 1 aromatic carbocycles. The minimum absolute atomic E-state index is 0.0387. The Morgan fingerprint density at radius 3 is 2.13 bits per heavy atom. The van der Waals surface area contributed by atoms with E-state index in [2.05, 4.69) is 4.74 Å². The van der Waals surface area contributed by atoms with Crippen LogP contribution >= 0.6 is 0 Å². The summed E-state index contributed by atoms with van der Waals surface area (Å²) in [6.07, 6.45) is 0.945. The standard InChI is InChI=1S/C12H16FNO7S2/c1-3-21-12(16)11(8-15)14(23(13,19)20)9-4-6-10(7-5-9)22(2,17)18/h4-7,11,15H,3,8H2,1-2H3/t11-/m1/s1. The number of aliphatic hydroxyl groups is 1. The number of benzene rings is 1. The molecule has 0 fully saturated rings. The van der Waals surface area contributed by atoms with Crippen LogP contribution in [0.15, 0.2) is 29.2 Å². The molecule has 0 radical (unpaired) electrons. The molecule has 0 aromatic heterocycles. The van der Waals surface area contributed by atoms with Crippen LogP contribution in [-0.2, 0) is 29.8 Å². The van der Waals surface area contributed by atoms with Crippen molar-refractivity contribution in [1.29, 1.82) is 0 Å². The fourth-order valence-corrected chi connectivity index (χ4v) is 3.24. The first kappa shape index (κ1) is 19.3. The highest BCUT2D eigenvalue weighted by atomic mass is 32.3. The molecule has 0 spiro atoms. The van der Waals surface area contributed by atoms with Crippen molar-refractivity contribution in [1.82, 2.24) is 0 Å². The van der Waals surface area contributed by atoms with Gasteiger partial charge in [-0.3, -0.25) is 0 Å². The van der Waals surface area contributed by atoms with Crippen molar-refractivity contribution in [3.63, 3.8) is 0 Å². The summed E-state index contributed by atoms with van der Waals surface area (Å²) in [5, 5.41) is 9.23. The number of hydrogen-bond donors (Lipinski definition) is 1. The van der Waals surface area contributed by atoms with Crippen LogP contribution in [0.25, 0.3) is 0 Å². The first-order valence-corrected chi connectivity index (χ1v) is 9.57. The Bertz CT molecular complexity index is 759. The van der Waals surface area contributed by atoms with E-state index in [1.165, 1.54) is 6.92 Å². The minimum atomic E-state index is -5.42. The van der Waals surface area contributed by atoms with Gasteiger partial charge < -0.3 is 9.84 Å². The van der Waals surface area contributed by atoms with E-state index in [0.29, 0.717) is 0 Å². The Hall–Kier alpha value is -1.72. The van der Waals surface area contributed by atoms with Crippen LogP contribution in [0.3, 0.4) is 0 Å². The summed E-state index contributed by atoms with van der Waals surface area (Å²) in [5.74, 6) is -1.14. The van der Waals surface area contributed by atoms with Gasteiger partial charge in [0.25, 0.3) is 0 Å². The summed E-state index contributed by atoms with van der Waals surface area (Å²) >= 11 is 0. The van der Waals surface area contributed by atoms with E-state index in [0.717, 1.165) is 30.5 Å². The summed E-state index contributed by atoms with van der Waals surface area (Å²) in [5.41, 5.74) is -0.327. The SMILES string of the molecule is CCOC(=O)[C@@H](CO)N(c1ccc(S(C)(=O)=O)cc1)S(=O)(=O)F. The van der Waals surface area contributed by atoms with E-state index in [1.807, 2.05) is 0 Å². The number of carbonyl (C=O) groups is 1. The van der Waals surface area contributed by atoms with E-state index in [1.54, 1.807) is 0 Å². The summed E-state index contributed by atoms with van der Waals surface area (Å²) in [6.45, 7) is 0.347. The highest BCUT2D eigenvalue weighted by Gasteiger charge is 2.36. The van der Waals surface area contributed by atoms with Crippen LogP contribution in [0.1, 0.15) is 6.92 Å². The topological polar surface area (TPSA) is 118 Å². The molecule has 0 heterocycles. The van der Waals surface area contributed by atoms with Crippen molar-refractivity contribution >= 4 is 31.9 Å². The summed E-state index contributed by atoms with van der Waals surface area (Å²) in [4.78, 5) is 11.6. The van der Waals surface area contributed by atoms with Gasteiger partial charge in [-0.2, -0.15) is 8.42 Å². The zero-order chi connectivity index (χ0) is 17.8. The van der Waals surface area contributed by atoms with Crippen LogP contribution in [0.2, 0.25) is 0 Å². The second kappa shape index (κ2) is 7.23. The van der Waals surface area contributed by atoms with Gasteiger partial charge in [0.2, 0.25) is 0 Å². The van der Waals surface area contributed by atoms with Crippen molar-refractivity contribution in [2.75, 3.05) is 23.8 Å². The number of esters is 1. The van der Waals surface area contributed by atoms with Crippen molar-refractivity contribution in [3.8, 4) is 0 Å². The van der Waals surface area contributed by atoms with Gasteiger partial charge in [0.15, 0.2) is 15.9 Å². The molecule has 1 N–H and O–H groups in total. The molecule has 1 aromatic rings. The zero-order valence-electron chi connectivity index (χ0n) is 12.3. The maximum Gasteiger partial charge on any atom is 0.400 e. The highest BCUT2D eigenvalue weighted by molar-refractivity contribution is 7.90. The quantitative estimate of drug-likeness (QED) is 0.532. The van der Waals surface area contributed by atoms with Crippen molar-refractivity contribution in [2.45, 2.75) is 17.9 Å². The van der Waals surface area contributed by atoms with Gasteiger partial charge in [-0.05, 0) is 31.2 Å². The van der Waals surface area contributed by atoms with Gasteiger partial charge in [-0.25, -0.2) is 17.5 Å². The molecule has 0 aliphatic heterocycles. The molecule has 0 aliphatic carbocycles. The fraction of sp³-hybridized carbons (Fsp3) is 0.417. The molecular weight excluding hydrogens is 353 g/mol. The summed E-state index contributed by atoms with van der Waals surface area (Å²) in [7, 11) is -8.95. The van der Waals surface area contributed by atoms with E-state index in [-0.39, 0.29) is 21.5 Å². The third-order valence-electron chi connectivity index (χ3n) is 2.77. The van der Waals surface area contributed by atoms with Crippen molar-refractivity contribution in [2.24, 2.45) is 0 Å². The average Bonchev–Trinajstić information content (AvgIpc) is 2.42. The molecule has 1 atom stereocenters. The average molecular weight is 369 g/mol. The molecule has 0 amide bonds. The van der Waals surface area contributed by atoms with E-state index >= 15 is 0 Å². The number of nitrogens with zero attached hydrogens (tertiary/aromatic N) is 1. The Labute approximate surface area is 133 Å². The Balaban J connectivity index is 3.35. The first-order chi connectivity index (χ1) is 10.5.